The van der Waals surface area contributed by atoms with E-state index in [4.69, 9.17) is 9.47 Å². The van der Waals surface area contributed by atoms with Gasteiger partial charge in [0.25, 0.3) is 0 Å². The van der Waals surface area contributed by atoms with Gasteiger partial charge in [-0.2, -0.15) is 0 Å². The highest BCUT2D eigenvalue weighted by atomic mass is 127. The fourth-order valence-corrected chi connectivity index (χ4v) is 3.41. The minimum Gasteiger partial charge on any atom is -0.478 e. The van der Waals surface area contributed by atoms with E-state index in [9.17, 15) is 0 Å². The normalized spacial score (nSPS) is 23.0. The number of nitrogens with one attached hydrogen (secondary N) is 1. The summed E-state index contributed by atoms with van der Waals surface area (Å²) < 4.78 is 11.1. The summed E-state index contributed by atoms with van der Waals surface area (Å²) in [6, 6.07) is 3.98. The summed E-state index contributed by atoms with van der Waals surface area (Å²) in [7, 11) is 1.85. The lowest BCUT2D eigenvalue weighted by molar-refractivity contribution is 0.156. The molecule has 1 aromatic heterocycles. The average Bonchev–Trinajstić information content (AvgIpc) is 3.25. The summed E-state index contributed by atoms with van der Waals surface area (Å²) in [6.45, 7) is 7.39. The fourth-order valence-electron chi connectivity index (χ4n) is 3.41. The van der Waals surface area contributed by atoms with Crippen molar-refractivity contribution in [3.8, 4) is 5.88 Å². The maximum atomic E-state index is 5.61. The molecule has 0 aliphatic carbocycles. The quantitative estimate of drug-likeness (QED) is 0.416. The summed E-state index contributed by atoms with van der Waals surface area (Å²) in [5, 5.41) is 3.45. The van der Waals surface area contributed by atoms with E-state index >= 15 is 0 Å². The third-order valence-electron chi connectivity index (χ3n) is 4.84. The largest absolute Gasteiger partial charge is 0.478 e. The Kier molecular flexibility index (Phi) is 7.74. The number of aromatic nitrogens is 1. The summed E-state index contributed by atoms with van der Waals surface area (Å²) in [5.41, 5.74) is 1.47. The van der Waals surface area contributed by atoms with Gasteiger partial charge in [-0.1, -0.05) is 13.0 Å². The third-order valence-corrected chi connectivity index (χ3v) is 4.84. The number of halogens is 1. The van der Waals surface area contributed by atoms with Gasteiger partial charge in [0.1, 0.15) is 0 Å². The van der Waals surface area contributed by atoms with Gasteiger partial charge in [0.05, 0.1) is 13.2 Å². The highest BCUT2D eigenvalue weighted by Crippen LogP contribution is 2.38. The number of pyridine rings is 1. The van der Waals surface area contributed by atoms with Crippen LogP contribution in [-0.2, 0) is 11.3 Å². The lowest BCUT2D eigenvalue weighted by atomic mass is 9.87. The number of ether oxygens (including phenoxy) is 2. The minimum absolute atomic E-state index is 0. The van der Waals surface area contributed by atoms with Gasteiger partial charge in [-0.25, -0.2) is 4.98 Å². The van der Waals surface area contributed by atoms with Crippen LogP contribution in [0.2, 0.25) is 0 Å². The Balaban J connectivity index is 0.00000225. The molecule has 2 aliphatic heterocycles. The first-order valence-electron chi connectivity index (χ1n) is 8.86. The van der Waals surface area contributed by atoms with Gasteiger partial charge in [0, 0.05) is 51.0 Å². The Morgan fingerprint density at radius 1 is 1.44 bits per heavy atom. The molecule has 1 N–H and O–H groups in total. The molecule has 1 atom stereocenters. The first-order chi connectivity index (χ1) is 11.7. The first-order valence-corrected chi connectivity index (χ1v) is 8.86. The summed E-state index contributed by atoms with van der Waals surface area (Å²) in [6.07, 6.45) is 5.22. The smallest absolute Gasteiger partial charge is 0.213 e. The molecule has 0 radical (unpaired) electrons. The Hall–Kier alpha value is -1.09. The molecule has 6 nitrogen and oxygen atoms in total. The molecule has 3 heterocycles. The Morgan fingerprint density at radius 2 is 2.32 bits per heavy atom. The molecule has 0 bridgehead atoms. The Bertz CT molecular complexity index is 559. The van der Waals surface area contributed by atoms with E-state index < -0.39 is 0 Å². The molecule has 0 saturated carbocycles. The molecule has 7 heteroatoms. The number of hydrogen-bond acceptors (Lipinski definition) is 4. The minimum atomic E-state index is 0. The predicted octanol–water partition coefficient (Wildman–Crippen LogP) is 2.68. The van der Waals surface area contributed by atoms with Crippen molar-refractivity contribution >= 4 is 29.9 Å². The SMILES string of the molecule is CCCOc1ccc(CNC(=NC)N2CCC3(CCOC3)C2)cn1.I. The van der Waals surface area contributed by atoms with Crippen molar-refractivity contribution in [1.29, 1.82) is 0 Å². The maximum Gasteiger partial charge on any atom is 0.213 e. The molecule has 3 rings (SSSR count). The van der Waals surface area contributed by atoms with Crippen molar-refractivity contribution in [1.82, 2.24) is 15.2 Å². The van der Waals surface area contributed by atoms with Gasteiger partial charge >= 0.3 is 0 Å². The lowest BCUT2D eigenvalue weighted by Gasteiger charge is -2.25. The molecule has 1 spiro atoms. The van der Waals surface area contributed by atoms with Crippen LogP contribution in [0.25, 0.3) is 0 Å². The number of guanidine groups is 1. The van der Waals surface area contributed by atoms with E-state index in [0.717, 1.165) is 44.2 Å². The van der Waals surface area contributed by atoms with E-state index in [0.29, 0.717) is 24.4 Å². The molecule has 0 amide bonds. The van der Waals surface area contributed by atoms with Gasteiger partial charge in [-0.3, -0.25) is 4.99 Å². The number of aliphatic imine (C=N–C) groups is 1. The molecular formula is C18H29IN4O2. The van der Waals surface area contributed by atoms with Crippen LogP contribution in [0.4, 0.5) is 0 Å². The van der Waals surface area contributed by atoms with Gasteiger partial charge < -0.3 is 19.7 Å². The van der Waals surface area contributed by atoms with E-state index in [2.05, 4.69) is 33.2 Å². The first kappa shape index (κ1) is 20.2. The predicted molar refractivity (Wildman–Crippen MR) is 110 cm³/mol. The van der Waals surface area contributed by atoms with Crippen LogP contribution in [0.1, 0.15) is 31.7 Å². The highest BCUT2D eigenvalue weighted by Gasteiger charge is 2.42. The molecule has 0 aromatic carbocycles. The van der Waals surface area contributed by atoms with Crippen LogP contribution in [0.15, 0.2) is 23.3 Å². The number of rotatable bonds is 5. The van der Waals surface area contributed by atoms with E-state index in [1.807, 2.05) is 19.3 Å². The van der Waals surface area contributed by atoms with Crippen molar-refractivity contribution in [2.75, 3.05) is 40.0 Å². The Morgan fingerprint density at radius 3 is 2.96 bits per heavy atom. The van der Waals surface area contributed by atoms with Crippen LogP contribution in [0, 0.1) is 5.41 Å². The molecule has 2 saturated heterocycles. The van der Waals surface area contributed by atoms with Crippen molar-refractivity contribution < 1.29 is 9.47 Å². The van der Waals surface area contributed by atoms with Crippen LogP contribution in [-0.4, -0.2) is 55.8 Å². The van der Waals surface area contributed by atoms with Crippen molar-refractivity contribution in [3.05, 3.63) is 23.9 Å². The van der Waals surface area contributed by atoms with E-state index in [-0.39, 0.29) is 24.0 Å². The molecule has 1 unspecified atom stereocenters. The van der Waals surface area contributed by atoms with Gasteiger partial charge in [0.15, 0.2) is 5.96 Å². The van der Waals surface area contributed by atoms with Crippen LogP contribution in [0.3, 0.4) is 0 Å². The average molecular weight is 460 g/mol. The molecule has 140 valence electrons. The van der Waals surface area contributed by atoms with Crippen LogP contribution < -0.4 is 10.1 Å². The summed E-state index contributed by atoms with van der Waals surface area (Å²) in [4.78, 5) is 11.1. The zero-order valence-electron chi connectivity index (χ0n) is 15.2. The monoisotopic (exact) mass is 460 g/mol. The third kappa shape index (κ3) is 5.20. The molecular weight excluding hydrogens is 431 g/mol. The second-order valence-electron chi connectivity index (χ2n) is 6.73. The summed E-state index contributed by atoms with van der Waals surface area (Å²) in [5.74, 6) is 1.65. The topological polar surface area (TPSA) is 59.0 Å². The summed E-state index contributed by atoms with van der Waals surface area (Å²) >= 11 is 0. The lowest BCUT2D eigenvalue weighted by Crippen LogP contribution is -2.41. The van der Waals surface area contributed by atoms with Crippen LogP contribution >= 0.6 is 24.0 Å². The standard InChI is InChI=1S/C18H28N4O2.HI/c1-3-9-24-16-5-4-15(11-20-16)12-21-17(19-2)22-8-6-18(13-22)7-10-23-14-18;/h4-5,11H,3,6-10,12-14H2,1-2H3,(H,19,21);1H. The van der Waals surface area contributed by atoms with Crippen molar-refractivity contribution in [2.24, 2.45) is 10.4 Å². The zero-order chi connectivity index (χ0) is 16.8. The van der Waals surface area contributed by atoms with Crippen molar-refractivity contribution in [3.63, 3.8) is 0 Å². The number of likely N-dealkylation sites (tertiary alicyclic amines) is 1. The molecule has 1 aromatic rings. The zero-order valence-corrected chi connectivity index (χ0v) is 17.5. The van der Waals surface area contributed by atoms with Crippen molar-refractivity contribution in [2.45, 2.75) is 32.7 Å². The second-order valence-corrected chi connectivity index (χ2v) is 6.73. The van der Waals surface area contributed by atoms with Crippen LogP contribution in [0.5, 0.6) is 5.88 Å². The number of hydrogen-bond donors (Lipinski definition) is 1. The maximum absolute atomic E-state index is 5.61. The highest BCUT2D eigenvalue weighted by molar-refractivity contribution is 14.0. The number of nitrogens with zero attached hydrogens (tertiary/aromatic N) is 3. The second kappa shape index (κ2) is 9.56. The molecule has 2 fully saturated rings. The Labute approximate surface area is 167 Å². The molecule has 25 heavy (non-hydrogen) atoms. The van der Waals surface area contributed by atoms with Gasteiger partial charge in [-0.15, -0.1) is 24.0 Å². The molecule has 2 aliphatic rings. The van der Waals surface area contributed by atoms with Gasteiger partial charge in [-0.05, 0) is 24.8 Å². The van der Waals surface area contributed by atoms with E-state index in [1.165, 1.54) is 12.8 Å². The van der Waals surface area contributed by atoms with Gasteiger partial charge in [0.2, 0.25) is 5.88 Å². The van der Waals surface area contributed by atoms with E-state index in [1.54, 1.807) is 0 Å². The fraction of sp³-hybridized carbons (Fsp3) is 0.667.